The Balaban J connectivity index is 3.23. The van der Waals surface area contributed by atoms with Crippen LogP contribution in [0, 0.1) is 3.57 Å². The largest absolute Gasteiger partial charge is 0.399 e. The van der Waals surface area contributed by atoms with Gasteiger partial charge in [-0.15, -0.1) is 0 Å². The molecule has 0 spiro atoms. The van der Waals surface area contributed by atoms with E-state index in [2.05, 4.69) is 0 Å². The zero-order chi connectivity index (χ0) is 8.43. The monoisotopic (exact) mass is 262 g/mol. The van der Waals surface area contributed by atoms with Crippen LogP contribution in [0.15, 0.2) is 18.2 Å². The van der Waals surface area contributed by atoms with Gasteiger partial charge in [0.05, 0.1) is 5.56 Å². The van der Waals surface area contributed by atoms with Crippen LogP contribution in [-0.2, 0) is 0 Å². The SMILES string of the molecule is NC(=O)c1cc(N)ccc1I. The van der Waals surface area contributed by atoms with Crippen LogP contribution < -0.4 is 11.5 Å². The summed E-state index contributed by atoms with van der Waals surface area (Å²) in [5.41, 5.74) is 11.6. The lowest BCUT2D eigenvalue weighted by molar-refractivity contribution is 0.0999. The highest BCUT2D eigenvalue weighted by atomic mass is 127. The smallest absolute Gasteiger partial charge is 0.249 e. The van der Waals surface area contributed by atoms with Gasteiger partial charge in [-0.3, -0.25) is 4.79 Å². The van der Waals surface area contributed by atoms with Gasteiger partial charge in [0.2, 0.25) is 5.91 Å². The van der Waals surface area contributed by atoms with Crippen LogP contribution >= 0.6 is 22.6 Å². The average Bonchev–Trinajstić information content (AvgIpc) is 1.94. The van der Waals surface area contributed by atoms with Gasteiger partial charge in [0.1, 0.15) is 0 Å². The molecule has 1 aromatic carbocycles. The molecule has 0 unspecified atom stereocenters. The van der Waals surface area contributed by atoms with Crippen LogP contribution in [0.5, 0.6) is 0 Å². The number of nitrogen functional groups attached to an aromatic ring is 1. The maximum atomic E-state index is 10.7. The molecule has 0 fully saturated rings. The Bertz CT molecular complexity index is 298. The molecule has 4 N–H and O–H groups in total. The molecule has 0 radical (unpaired) electrons. The highest BCUT2D eigenvalue weighted by Crippen LogP contribution is 2.14. The van der Waals surface area contributed by atoms with Crippen LogP contribution in [0.1, 0.15) is 10.4 Å². The fraction of sp³-hybridized carbons (Fsp3) is 0. The van der Waals surface area contributed by atoms with Gasteiger partial charge in [-0.05, 0) is 40.8 Å². The van der Waals surface area contributed by atoms with Crippen molar-refractivity contribution < 1.29 is 4.79 Å². The van der Waals surface area contributed by atoms with E-state index in [0.29, 0.717) is 11.3 Å². The highest BCUT2D eigenvalue weighted by Gasteiger charge is 2.04. The van der Waals surface area contributed by atoms with Gasteiger partial charge in [0, 0.05) is 9.26 Å². The first-order valence-corrected chi connectivity index (χ1v) is 4.04. The van der Waals surface area contributed by atoms with Gasteiger partial charge in [-0.1, -0.05) is 0 Å². The topological polar surface area (TPSA) is 69.1 Å². The quantitative estimate of drug-likeness (QED) is 0.585. The summed E-state index contributed by atoms with van der Waals surface area (Å²) in [5.74, 6) is -0.443. The fourth-order valence-corrected chi connectivity index (χ4v) is 1.33. The van der Waals surface area contributed by atoms with Crippen molar-refractivity contribution in [3.05, 3.63) is 27.3 Å². The van der Waals surface area contributed by atoms with Crippen molar-refractivity contribution >= 4 is 34.2 Å². The molecule has 0 saturated carbocycles. The molecular formula is C7H7IN2O. The minimum absolute atomic E-state index is 0.443. The molecule has 0 bridgehead atoms. The van der Waals surface area contributed by atoms with Crippen LogP contribution in [0.2, 0.25) is 0 Å². The van der Waals surface area contributed by atoms with Crippen LogP contribution in [-0.4, -0.2) is 5.91 Å². The number of hydrogen-bond acceptors (Lipinski definition) is 2. The van der Waals surface area contributed by atoms with E-state index in [9.17, 15) is 4.79 Å². The van der Waals surface area contributed by atoms with Crippen molar-refractivity contribution in [1.82, 2.24) is 0 Å². The van der Waals surface area contributed by atoms with E-state index in [4.69, 9.17) is 11.5 Å². The summed E-state index contributed by atoms with van der Waals surface area (Å²) in [4.78, 5) is 10.7. The number of amides is 1. The Labute approximate surface area is 77.9 Å². The molecule has 4 heteroatoms. The predicted molar refractivity (Wildman–Crippen MR) is 52.1 cm³/mol. The predicted octanol–water partition coefficient (Wildman–Crippen LogP) is 0.972. The molecule has 0 aromatic heterocycles. The van der Waals surface area contributed by atoms with Gasteiger partial charge >= 0.3 is 0 Å². The molecular weight excluding hydrogens is 255 g/mol. The highest BCUT2D eigenvalue weighted by molar-refractivity contribution is 14.1. The Morgan fingerprint density at radius 3 is 2.55 bits per heavy atom. The van der Waals surface area contributed by atoms with E-state index in [-0.39, 0.29) is 0 Å². The number of primary amides is 1. The Hall–Kier alpha value is -0.780. The molecule has 0 heterocycles. The number of carbonyl (C=O) groups excluding carboxylic acids is 1. The zero-order valence-corrected chi connectivity index (χ0v) is 7.83. The second kappa shape index (κ2) is 3.08. The van der Waals surface area contributed by atoms with Crippen molar-refractivity contribution in [2.24, 2.45) is 5.73 Å². The number of carbonyl (C=O) groups is 1. The number of hydrogen-bond donors (Lipinski definition) is 2. The van der Waals surface area contributed by atoms with E-state index in [1.165, 1.54) is 0 Å². The van der Waals surface area contributed by atoms with Crippen LogP contribution in [0.4, 0.5) is 5.69 Å². The summed E-state index contributed by atoms with van der Waals surface area (Å²) in [6.45, 7) is 0. The summed E-state index contributed by atoms with van der Waals surface area (Å²) in [6, 6.07) is 5.06. The summed E-state index contributed by atoms with van der Waals surface area (Å²) < 4.78 is 0.823. The lowest BCUT2D eigenvalue weighted by Crippen LogP contribution is -2.12. The Morgan fingerprint density at radius 2 is 2.09 bits per heavy atom. The van der Waals surface area contributed by atoms with E-state index in [0.717, 1.165) is 3.57 Å². The minimum Gasteiger partial charge on any atom is -0.399 e. The summed E-state index contributed by atoms with van der Waals surface area (Å²) in [5, 5.41) is 0. The molecule has 0 saturated heterocycles. The van der Waals surface area contributed by atoms with Crippen molar-refractivity contribution in [2.45, 2.75) is 0 Å². The Morgan fingerprint density at radius 1 is 1.45 bits per heavy atom. The first kappa shape index (κ1) is 8.32. The Kier molecular flexibility index (Phi) is 2.33. The molecule has 58 valence electrons. The first-order valence-electron chi connectivity index (χ1n) is 2.96. The van der Waals surface area contributed by atoms with Gasteiger partial charge in [-0.2, -0.15) is 0 Å². The zero-order valence-electron chi connectivity index (χ0n) is 5.67. The van der Waals surface area contributed by atoms with Crippen molar-refractivity contribution in [2.75, 3.05) is 5.73 Å². The number of benzene rings is 1. The summed E-state index contributed by atoms with van der Waals surface area (Å²) in [6.07, 6.45) is 0. The molecule has 0 aliphatic heterocycles. The molecule has 1 aromatic rings. The van der Waals surface area contributed by atoms with E-state index in [1.807, 2.05) is 22.6 Å². The number of anilines is 1. The second-order valence-corrected chi connectivity index (χ2v) is 3.27. The summed E-state index contributed by atoms with van der Waals surface area (Å²) in [7, 11) is 0. The van der Waals surface area contributed by atoms with Gasteiger partial charge in [0.15, 0.2) is 0 Å². The summed E-state index contributed by atoms with van der Waals surface area (Å²) >= 11 is 2.04. The molecule has 3 nitrogen and oxygen atoms in total. The van der Waals surface area contributed by atoms with E-state index < -0.39 is 5.91 Å². The van der Waals surface area contributed by atoms with Crippen LogP contribution in [0.3, 0.4) is 0 Å². The van der Waals surface area contributed by atoms with Crippen molar-refractivity contribution in [3.8, 4) is 0 Å². The van der Waals surface area contributed by atoms with Crippen molar-refractivity contribution in [1.29, 1.82) is 0 Å². The number of nitrogens with two attached hydrogens (primary N) is 2. The molecule has 1 amide bonds. The third-order valence-electron chi connectivity index (χ3n) is 1.26. The van der Waals surface area contributed by atoms with Gasteiger partial charge < -0.3 is 11.5 Å². The third-order valence-corrected chi connectivity index (χ3v) is 2.20. The number of rotatable bonds is 1. The van der Waals surface area contributed by atoms with E-state index >= 15 is 0 Å². The molecule has 11 heavy (non-hydrogen) atoms. The number of halogens is 1. The maximum absolute atomic E-state index is 10.7. The second-order valence-electron chi connectivity index (χ2n) is 2.10. The minimum atomic E-state index is -0.443. The van der Waals surface area contributed by atoms with Crippen molar-refractivity contribution in [3.63, 3.8) is 0 Å². The lowest BCUT2D eigenvalue weighted by Gasteiger charge is -1.99. The molecule has 0 atom stereocenters. The molecule has 0 aliphatic carbocycles. The third kappa shape index (κ3) is 1.83. The maximum Gasteiger partial charge on any atom is 0.249 e. The van der Waals surface area contributed by atoms with Gasteiger partial charge in [-0.25, -0.2) is 0 Å². The van der Waals surface area contributed by atoms with E-state index in [1.54, 1.807) is 18.2 Å². The van der Waals surface area contributed by atoms with Gasteiger partial charge in [0.25, 0.3) is 0 Å². The molecule has 1 rings (SSSR count). The van der Waals surface area contributed by atoms with Crippen LogP contribution in [0.25, 0.3) is 0 Å². The lowest BCUT2D eigenvalue weighted by atomic mass is 10.2. The standard InChI is InChI=1S/C7H7IN2O/c8-6-2-1-4(9)3-5(6)7(10)11/h1-3H,9H2,(H2,10,11). The average molecular weight is 262 g/mol. The normalized spacial score (nSPS) is 9.55. The first-order chi connectivity index (χ1) is 5.11. The fourth-order valence-electron chi connectivity index (χ4n) is 0.732. The molecule has 0 aliphatic rings.